The lowest BCUT2D eigenvalue weighted by Gasteiger charge is -2.12. The highest BCUT2D eigenvalue weighted by molar-refractivity contribution is 7.09. The number of nitrogens with zero attached hydrogens (tertiary/aromatic N) is 3. The van der Waals surface area contributed by atoms with E-state index in [9.17, 15) is 4.79 Å². The lowest BCUT2D eigenvalue weighted by molar-refractivity contribution is 0.102. The van der Waals surface area contributed by atoms with Crippen LogP contribution in [0.4, 0.5) is 11.5 Å². The van der Waals surface area contributed by atoms with Gasteiger partial charge in [0.05, 0.1) is 22.6 Å². The second-order valence-electron chi connectivity index (χ2n) is 5.92. The van der Waals surface area contributed by atoms with E-state index in [0.29, 0.717) is 23.6 Å². The summed E-state index contributed by atoms with van der Waals surface area (Å²) in [5.41, 5.74) is 2.11. The maximum atomic E-state index is 12.3. The zero-order valence-corrected chi connectivity index (χ0v) is 15.7. The number of hydrogen-bond donors (Lipinski definition) is 1. The van der Waals surface area contributed by atoms with Gasteiger partial charge in [0.15, 0.2) is 0 Å². The molecule has 0 aliphatic heterocycles. The van der Waals surface area contributed by atoms with Crippen molar-refractivity contribution in [1.29, 1.82) is 0 Å². The van der Waals surface area contributed by atoms with E-state index in [1.807, 2.05) is 43.4 Å². The van der Waals surface area contributed by atoms with E-state index < -0.39 is 0 Å². The van der Waals surface area contributed by atoms with Gasteiger partial charge in [0.2, 0.25) is 0 Å². The van der Waals surface area contributed by atoms with Crippen molar-refractivity contribution in [2.45, 2.75) is 13.5 Å². The van der Waals surface area contributed by atoms with Crippen LogP contribution in [0.3, 0.4) is 0 Å². The maximum Gasteiger partial charge on any atom is 0.255 e. The molecule has 0 saturated carbocycles. The highest BCUT2D eigenvalue weighted by Crippen LogP contribution is 2.17. The molecule has 0 fully saturated rings. The van der Waals surface area contributed by atoms with Crippen LogP contribution in [0.1, 0.15) is 21.1 Å². The van der Waals surface area contributed by atoms with Crippen LogP contribution < -0.4 is 15.0 Å². The van der Waals surface area contributed by atoms with Crippen molar-refractivity contribution in [2.24, 2.45) is 0 Å². The van der Waals surface area contributed by atoms with E-state index >= 15 is 0 Å². The number of carbonyl (C=O) groups excluding carboxylic acids is 1. The van der Waals surface area contributed by atoms with Crippen LogP contribution in [-0.2, 0) is 6.61 Å². The largest absolute Gasteiger partial charge is 0.487 e. The van der Waals surface area contributed by atoms with Crippen LogP contribution in [0.25, 0.3) is 0 Å². The number of aryl methyl sites for hydroxylation is 1. The monoisotopic (exact) mass is 368 g/mol. The van der Waals surface area contributed by atoms with Crippen molar-refractivity contribution < 1.29 is 9.53 Å². The van der Waals surface area contributed by atoms with E-state index in [1.165, 1.54) is 0 Å². The Bertz CT molecular complexity index is 873. The predicted molar refractivity (Wildman–Crippen MR) is 104 cm³/mol. The number of ether oxygens (including phenoxy) is 1. The molecule has 0 spiro atoms. The number of rotatable bonds is 6. The first kappa shape index (κ1) is 17.9. The van der Waals surface area contributed by atoms with Crippen LogP contribution in [0.15, 0.2) is 48.0 Å². The third-order valence-corrected chi connectivity index (χ3v) is 4.46. The Morgan fingerprint density at radius 1 is 1.19 bits per heavy atom. The van der Waals surface area contributed by atoms with Gasteiger partial charge in [0, 0.05) is 25.0 Å². The van der Waals surface area contributed by atoms with Gasteiger partial charge >= 0.3 is 0 Å². The molecule has 0 saturated heterocycles. The average molecular weight is 368 g/mol. The summed E-state index contributed by atoms with van der Waals surface area (Å²) in [6, 6.07) is 10.7. The summed E-state index contributed by atoms with van der Waals surface area (Å²) in [6.45, 7) is 2.38. The molecule has 26 heavy (non-hydrogen) atoms. The highest BCUT2D eigenvalue weighted by Gasteiger charge is 2.08. The number of nitrogens with one attached hydrogen (secondary N) is 1. The second kappa shape index (κ2) is 7.97. The van der Waals surface area contributed by atoms with Gasteiger partial charge in [0.25, 0.3) is 5.91 Å². The highest BCUT2D eigenvalue weighted by atomic mass is 32.1. The van der Waals surface area contributed by atoms with Gasteiger partial charge in [-0.3, -0.25) is 4.79 Å². The summed E-state index contributed by atoms with van der Waals surface area (Å²) in [4.78, 5) is 22.9. The Morgan fingerprint density at radius 2 is 1.96 bits per heavy atom. The Labute approximate surface area is 156 Å². The van der Waals surface area contributed by atoms with E-state index in [-0.39, 0.29) is 5.91 Å². The van der Waals surface area contributed by atoms with Gasteiger partial charge in [-0.15, -0.1) is 11.3 Å². The van der Waals surface area contributed by atoms with Crippen molar-refractivity contribution in [2.75, 3.05) is 24.3 Å². The number of benzene rings is 1. The van der Waals surface area contributed by atoms with E-state index in [0.717, 1.165) is 16.5 Å². The molecule has 134 valence electrons. The van der Waals surface area contributed by atoms with Gasteiger partial charge in [-0.1, -0.05) is 0 Å². The van der Waals surface area contributed by atoms with E-state index in [1.54, 1.807) is 41.8 Å². The molecule has 0 unspecified atom stereocenters. The molecule has 3 aromatic rings. The minimum absolute atomic E-state index is 0.189. The number of carbonyl (C=O) groups is 1. The molecule has 1 N–H and O–H groups in total. The Hall–Kier alpha value is -2.93. The SMILES string of the molecule is Cc1nc(COc2ccc(C(=O)Nc3ccc(N(C)C)nc3)cc2)cs1. The molecule has 3 rings (SSSR count). The van der Waals surface area contributed by atoms with Gasteiger partial charge in [-0.25, -0.2) is 9.97 Å². The molecule has 0 atom stereocenters. The van der Waals surface area contributed by atoms with Crippen LogP contribution >= 0.6 is 11.3 Å². The van der Waals surface area contributed by atoms with Crippen LogP contribution in [0.2, 0.25) is 0 Å². The zero-order valence-electron chi connectivity index (χ0n) is 14.9. The fourth-order valence-corrected chi connectivity index (χ4v) is 2.86. The lowest BCUT2D eigenvalue weighted by atomic mass is 10.2. The fraction of sp³-hybridized carbons (Fsp3) is 0.211. The molecule has 6 nitrogen and oxygen atoms in total. The van der Waals surface area contributed by atoms with Crippen molar-refractivity contribution in [3.63, 3.8) is 0 Å². The third-order valence-electron chi connectivity index (χ3n) is 3.63. The quantitative estimate of drug-likeness (QED) is 0.718. The first-order valence-corrected chi connectivity index (χ1v) is 8.98. The second-order valence-corrected chi connectivity index (χ2v) is 6.99. The summed E-state index contributed by atoms with van der Waals surface area (Å²) in [5.74, 6) is 1.34. The number of pyridine rings is 1. The molecule has 0 aliphatic carbocycles. The van der Waals surface area contributed by atoms with Crippen LogP contribution in [0.5, 0.6) is 5.75 Å². The molecule has 1 aromatic carbocycles. The van der Waals surface area contributed by atoms with Crippen LogP contribution in [-0.4, -0.2) is 30.0 Å². The van der Waals surface area contributed by atoms with Crippen molar-refractivity contribution in [1.82, 2.24) is 9.97 Å². The number of aromatic nitrogens is 2. The number of thiazole rings is 1. The van der Waals surface area contributed by atoms with Gasteiger partial charge < -0.3 is 15.0 Å². The molecule has 0 bridgehead atoms. The molecular weight excluding hydrogens is 348 g/mol. The maximum absolute atomic E-state index is 12.3. The normalized spacial score (nSPS) is 10.4. The van der Waals surface area contributed by atoms with E-state index in [2.05, 4.69) is 15.3 Å². The third kappa shape index (κ3) is 4.58. The molecule has 2 heterocycles. The first-order valence-electron chi connectivity index (χ1n) is 8.10. The van der Waals surface area contributed by atoms with Crippen molar-refractivity contribution in [3.05, 3.63) is 64.2 Å². The number of amides is 1. The molecule has 7 heteroatoms. The van der Waals surface area contributed by atoms with Crippen molar-refractivity contribution in [3.8, 4) is 5.75 Å². The molecule has 0 aliphatic rings. The van der Waals surface area contributed by atoms with Gasteiger partial charge in [-0.2, -0.15) is 0 Å². The summed E-state index contributed by atoms with van der Waals surface area (Å²) < 4.78 is 5.69. The fourth-order valence-electron chi connectivity index (χ4n) is 2.26. The topological polar surface area (TPSA) is 67.3 Å². The van der Waals surface area contributed by atoms with E-state index in [4.69, 9.17) is 4.74 Å². The zero-order chi connectivity index (χ0) is 18.5. The number of hydrogen-bond acceptors (Lipinski definition) is 6. The summed E-state index contributed by atoms with van der Waals surface area (Å²) in [5, 5.41) is 5.83. The molecule has 1 amide bonds. The van der Waals surface area contributed by atoms with Gasteiger partial charge in [0.1, 0.15) is 18.2 Å². The molecule has 0 radical (unpaired) electrons. The first-order chi connectivity index (χ1) is 12.5. The summed E-state index contributed by atoms with van der Waals surface area (Å²) >= 11 is 1.60. The van der Waals surface area contributed by atoms with Gasteiger partial charge in [-0.05, 0) is 43.3 Å². The Morgan fingerprint density at radius 3 is 2.54 bits per heavy atom. The minimum atomic E-state index is -0.189. The number of anilines is 2. The predicted octanol–water partition coefficient (Wildman–Crippen LogP) is 3.74. The standard InChI is InChI=1S/C19H20N4O2S/c1-13-21-16(12-26-13)11-25-17-7-4-14(5-8-17)19(24)22-15-6-9-18(20-10-15)23(2)3/h4-10,12H,11H2,1-3H3,(H,22,24). The Balaban J connectivity index is 1.57. The minimum Gasteiger partial charge on any atom is -0.487 e. The smallest absolute Gasteiger partial charge is 0.255 e. The molecule has 2 aromatic heterocycles. The average Bonchev–Trinajstić information content (AvgIpc) is 3.06. The molecular formula is C19H20N4O2S. The Kier molecular flexibility index (Phi) is 5.48. The van der Waals surface area contributed by atoms with Crippen molar-refractivity contribution >= 4 is 28.7 Å². The summed E-state index contributed by atoms with van der Waals surface area (Å²) in [7, 11) is 3.83. The lowest BCUT2D eigenvalue weighted by Crippen LogP contribution is -2.13. The summed E-state index contributed by atoms with van der Waals surface area (Å²) in [6.07, 6.45) is 1.64. The van der Waals surface area contributed by atoms with Crippen LogP contribution in [0, 0.1) is 6.92 Å².